The van der Waals surface area contributed by atoms with Crippen molar-refractivity contribution in [3.63, 3.8) is 0 Å². The summed E-state index contributed by atoms with van der Waals surface area (Å²) in [6.07, 6.45) is 2.94. The van der Waals surface area contributed by atoms with E-state index in [1.807, 2.05) is 0 Å². The molecule has 3 amide bonds. The van der Waals surface area contributed by atoms with E-state index >= 15 is 0 Å². The first-order valence-corrected chi connectivity index (χ1v) is 6.58. The predicted molar refractivity (Wildman–Crippen MR) is 66.2 cm³/mol. The van der Waals surface area contributed by atoms with Gasteiger partial charge in [-0.3, -0.25) is 9.59 Å². The second-order valence-corrected chi connectivity index (χ2v) is 5.19. The summed E-state index contributed by atoms with van der Waals surface area (Å²) >= 11 is 0. The first kappa shape index (κ1) is 13.6. The van der Waals surface area contributed by atoms with E-state index in [1.165, 1.54) is 0 Å². The van der Waals surface area contributed by atoms with Crippen LogP contribution in [0.1, 0.15) is 32.1 Å². The minimum atomic E-state index is -0.821. The van der Waals surface area contributed by atoms with Crippen molar-refractivity contribution in [2.45, 2.75) is 44.2 Å². The Hall–Kier alpha value is -1.79. The number of amides is 3. The van der Waals surface area contributed by atoms with Gasteiger partial charge in [0.1, 0.15) is 0 Å². The van der Waals surface area contributed by atoms with Crippen LogP contribution >= 0.6 is 0 Å². The summed E-state index contributed by atoms with van der Waals surface area (Å²) in [6.45, 7) is 0.384. The van der Waals surface area contributed by atoms with Crippen molar-refractivity contribution in [3.8, 4) is 0 Å². The van der Waals surface area contributed by atoms with E-state index in [0.29, 0.717) is 19.4 Å². The third-order valence-electron chi connectivity index (χ3n) is 3.96. The van der Waals surface area contributed by atoms with Crippen LogP contribution in [-0.2, 0) is 9.59 Å². The zero-order valence-corrected chi connectivity index (χ0v) is 10.7. The van der Waals surface area contributed by atoms with E-state index in [4.69, 9.17) is 10.8 Å². The molecule has 3 unspecified atom stereocenters. The molecule has 106 valence electrons. The van der Waals surface area contributed by atoms with Gasteiger partial charge in [0.25, 0.3) is 0 Å². The Balaban J connectivity index is 1.83. The zero-order chi connectivity index (χ0) is 14.0. The number of carbonyl (C=O) groups is 3. The molecular formula is C12H19N3O4. The normalized spacial score (nSPS) is 28.4. The third-order valence-corrected chi connectivity index (χ3v) is 3.96. The fourth-order valence-corrected chi connectivity index (χ4v) is 3.12. The molecule has 0 aromatic rings. The van der Waals surface area contributed by atoms with E-state index in [1.54, 1.807) is 4.90 Å². The summed E-state index contributed by atoms with van der Waals surface area (Å²) in [5.74, 6) is -1.64. The maximum absolute atomic E-state index is 12.0. The molecule has 2 heterocycles. The van der Waals surface area contributed by atoms with Gasteiger partial charge in [-0.2, -0.15) is 0 Å². The molecule has 2 saturated heterocycles. The number of fused-ring (bicyclic) bond motifs is 2. The Morgan fingerprint density at radius 3 is 2.63 bits per heavy atom. The maximum atomic E-state index is 12.0. The lowest BCUT2D eigenvalue weighted by Gasteiger charge is -2.23. The number of primary amides is 1. The first-order valence-electron chi connectivity index (χ1n) is 6.58. The number of aliphatic carboxylic acids is 1. The number of nitrogens with one attached hydrogen (secondary N) is 1. The van der Waals surface area contributed by atoms with Crippen LogP contribution in [0.25, 0.3) is 0 Å². The predicted octanol–water partition coefficient (Wildman–Crippen LogP) is -0.101. The molecule has 2 aliphatic heterocycles. The minimum absolute atomic E-state index is 0.0437. The second-order valence-electron chi connectivity index (χ2n) is 5.19. The third kappa shape index (κ3) is 2.80. The van der Waals surface area contributed by atoms with E-state index < -0.39 is 11.9 Å². The van der Waals surface area contributed by atoms with Gasteiger partial charge in [0.05, 0.1) is 5.92 Å². The number of carboxylic acid groups (broad SMARTS) is 1. The molecule has 3 atom stereocenters. The SMILES string of the molecule is NC(=O)CCCNC(=O)N1C2CCC1C(C(=O)O)C2. The molecule has 2 bridgehead atoms. The zero-order valence-electron chi connectivity index (χ0n) is 10.7. The fourth-order valence-electron chi connectivity index (χ4n) is 3.12. The van der Waals surface area contributed by atoms with Crippen LogP contribution in [0.5, 0.6) is 0 Å². The average molecular weight is 269 g/mol. The summed E-state index contributed by atoms with van der Waals surface area (Å²) in [7, 11) is 0. The molecule has 2 fully saturated rings. The fraction of sp³-hybridized carbons (Fsp3) is 0.750. The number of carboxylic acids is 1. The van der Waals surface area contributed by atoms with Gasteiger partial charge >= 0.3 is 12.0 Å². The number of hydrogen-bond acceptors (Lipinski definition) is 3. The van der Waals surface area contributed by atoms with Crippen molar-refractivity contribution in [1.82, 2.24) is 10.2 Å². The number of hydrogen-bond donors (Lipinski definition) is 3. The van der Waals surface area contributed by atoms with Gasteiger partial charge < -0.3 is 21.1 Å². The molecule has 0 aromatic heterocycles. The molecule has 0 aromatic carbocycles. The van der Waals surface area contributed by atoms with Gasteiger partial charge in [0.15, 0.2) is 0 Å². The van der Waals surface area contributed by atoms with E-state index in [-0.39, 0.29) is 30.4 Å². The van der Waals surface area contributed by atoms with Crippen LogP contribution in [0.4, 0.5) is 4.79 Å². The highest BCUT2D eigenvalue weighted by Gasteiger charge is 2.51. The van der Waals surface area contributed by atoms with Crippen LogP contribution in [0.15, 0.2) is 0 Å². The monoisotopic (exact) mass is 269 g/mol. The van der Waals surface area contributed by atoms with Gasteiger partial charge in [-0.25, -0.2) is 4.79 Å². The first-order chi connectivity index (χ1) is 9.00. The van der Waals surface area contributed by atoms with Crippen LogP contribution in [0.3, 0.4) is 0 Å². The molecule has 19 heavy (non-hydrogen) atoms. The lowest BCUT2D eigenvalue weighted by molar-refractivity contribution is -0.142. The van der Waals surface area contributed by atoms with Gasteiger partial charge in [-0.15, -0.1) is 0 Å². The van der Waals surface area contributed by atoms with Crippen LogP contribution < -0.4 is 11.1 Å². The topological polar surface area (TPSA) is 113 Å². The molecule has 2 aliphatic rings. The lowest BCUT2D eigenvalue weighted by Crippen LogP contribution is -2.44. The maximum Gasteiger partial charge on any atom is 0.317 e. The number of nitrogens with two attached hydrogens (primary N) is 1. The number of carbonyl (C=O) groups excluding carboxylic acids is 2. The van der Waals surface area contributed by atoms with Gasteiger partial charge in [-0.05, 0) is 25.7 Å². The minimum Gasteiger partial charge on any atom is -0.481 e. The average Bonchev–Trinajstić information content (AvgIpc) is 2.91. The molecular weight excluding hydrogens is 250 g/mol. The highest BCUT2D eigenvalue weighted by Crippen LogP contribution is 2.41. The molecule has 7 nitrogen and oxygen atoms in total. The summed E-state index contributed by atoms with van der Waals surface area (Å²) in [6, 6.07) is -0.360. The highest BCUT2D eigenvalue weighted by atomic mass is 16.4. The van der Waals surface area contributed by atoms with Crippen molar-refractivity contribution >= 4 is 17.9 Å². The molecule has 7 heteroatoms. The van der Waals surface area contributed by atoms with Crippen LogP contribution in [0.2, 0.25) is 0 Å². The molecule has 0 spiro atoms. The Bertz CT molecular complexity index is 398. The van der Waals surface area contributed by atoms with Crippen LogP contribution in [0, 0.1) is 5.92 Å². The lowest BCUT2D eigenvalue weighted by atomic mass is 9.89. The van der Waals surface area contributed by atoms with Crippen molar-refractivity contribution in [2.24, 2.45) is 11.7 Å². The molecule has 0 aliphatic carbocycles. The number of nitrogens with zero attached hydrogens (tertiary/aromatic N) is 1. The Labute approximate surface area is 111 Å². The standard InChI is InChI=1S/C12H19N3O4/c13-10(16)2-1-5-14-12(19)15-7-3-4-9(15)8(6-7)11(17)18/h7-9H,1-6H2,(H2,13,16)(H,14,19)(H,17,18). The Morgan fingerprint density at radius 2 is 2.05 bits per heavy atom. The Kier molecular flexibility index (Phi) is 3.92. The number of rotatable bonds is 5. The smallest absolute Gasteiger partial charge is 0.317 e. The van der Waals surface area contributed by atoms with E-state index in [0.717, 1.165) is 12.8 Å². The second kappa shape index (κ2) is 5.46. The summed E-state index contributed by atoms with van der Waals surface area (Å²) in [5, 5.41) is 11.8. The Morgan fingerprint density at radius 1 is 1.32 bits per heavy atom. The largest absolute Gasteiger partial charge is 0.481 e. The summed E-state index contributed by atoms with van der Waals surface area (Å²) in [4.78, 5) is 35.3. The summed E-state index contributed by atoms with van der Waals surface area (Å²) in [5.41, 5.74) is 5.01. The molecule has 2 rings (SSSR count). The summed E-state index contributed by atoms with van der Waals surface area (Å²) < 4.78 is 0. The highest BCUT2D eigenvalue weighted by molar-refractivity contribution is 5.79. The van der Waals surface area contributed by atoms with Crippen molar-refractivity contribution < 1.29 is 19.5 Å². The van der Waals surface area contributed by atoms with Gasteiger partial charge in [0.2, 0.25) is 5.91 Å². The van der Waals surface area contributed by atoms with Crippen molar-refractivity contribution in [1.29, 1.82) is 0 Å². The number of urea groups is 1. The van der Waals surface area contributed by atoms with E-state index in [9.17, 15) is 14.4 Å². The van der Waals surface area contributed by atoms with Crippen molar-refractivity contribution in [3.05, 3.63) is 0 Å². The molecule has 0 saturated carbocycles. The van der Waals surface area contributed by atoms with Crippen molar-refractivity contribution in [2.75, 3.05) is 6.54 Å². The van der Waals surface area contributed by atoms with Gasteiger partial charge in [0, 0.05) is 25.0 Å². The van der Waals surface area contributed by atoms with Crippen LogP contribution in [-0.4, -0.2) is 46.5 Å². The van der Waals surface area contributed by atoms with Gasteiger partial charge in [-0.1, -0.05) is 0 Å². The molecule has 0 radical (unpaired) electrons. The quantitative estimate of drug-likeness (QED) is 0.605. The molecule has 4 N–H and O–H groups in total. The van der Waals surface area contributed by atoms with E-state index in [2.05, 4.69) is 5.32 Å².